The molecular weight excluding hydrogens is 290 g/mol. The van der Waals surface area contributed by atoms with Crippen LogP contribution in [-0.4, -0.2) is 36.2 Å². The van der Waals surface area contributed by atoms with Gasteiger partial charge in [0.25, 0.3) is 0 Å². The molecule has 1 fully saturated rings. The fraction of sp³-hybridized carbons (Fsp3) is 0.611. The summed E-state index contributed by atoms with van der Waals surface area (Å²) in [5.41, 5.74) is 2.64. The third kappa shape index (κ3) is 4.43. The van der Waals surface area contributed by atoms with Crippen LogP contribution in [0.2, 0.25) is 0 Å². The molecular formula is C18H29N3S. The van der Waals surface area contributed by atoms with Crippen LogP contribution in [0.4, 0.5) is 5.69 Å². The van der Waals surface area contributed by atoms with E-state index in [1.165, 1.54) is 37.7 Å². The summed E-state index contributed by atoms with van der Waals surface area (Å²) in [7, 11) is 4.37. The molecule has 0 spiro atoms. The maximum absolute atomic E-state index is 5.46. The fourth-order valence-corrected chi connectivity index (χ4v) is 3.43. The van der Waals surface area contributed by atoms with E-state index in [0.29, 0.717) is 0 Å². The maximum Gasteiger partial charge on any atom is 0.170 e. The molecule has 0 radical (unpaired) electrons. The summed E-state index contributed by atoms with van der Waals surface area (Å²) in [6.07, 6.45) is 7.56. The normalized spacial score (nSPS) is 17.3. The van der Waals surface area contributed by atoms with Crippen molar-refractivity contribution < 1.29 is 0 Å². The summed E-state index contributed by atoms with van der Waals surface area (Å²) in [6, 6.07) is 8.48. The van der Waals surface area contributed by atoms with Gasteiger partial charge in [-0.05, 0) is 63.3 Å². The molecule has 3 nitrogen and oxygen atoms in total. The monoisotopic (exact) mass is 319 g/mol. The van der Waals surface area contributed by atoms with Gasteiger partial charge >= 0.3 is 0 Å². The van der Waals surface area contributed by atoms with Crippen LogP contribution in [0.1, 0.15) is 44.6 Å². The highest BCUT2D eigenvalue weighted by atomic mass is 32.1. The minimum Gasteiger partial charge on any atom is -0.361 e. The van der Waals surface area contributed by atoms with Gasteiger partial charge in [0, 0.05) is 17.8 Å². The lowest BCUT2D eigenvalue weighted by molar-refractivity contribution is 0.104. The van der Waals surface area contributed by atoms with Crippen LogP contribution in [0, 0.1) is 0 Å². The highest BCUT2D eigenvalue weighted by Crippen LogP contribution is 2.31. The molecule has 0 aliphatic heterocycles. The minimum atomic E-state index is 0.246. The van der Waals surface area contributed by atoms with Crippen molar-refractivity contribution in [3.63, 3.8) is 0 Å². The Bertz CT molecular complexity index is 476. The molecule has 0 aromatic heterocycles. The second-order valence-corrected chi connectivity index (χ2v) is 6.95. The van der Waals surface area contributed by atoms with Crippen molar-refractivity contribution in [3.05, 3.63) is 29.8 Å². The number of anilines is 1. The van der Waals surface area contributed by atoms with Crippen LogP contribution >= 0.6 is 12.2 Å². The van der Waals surface area contributed by atoms with Crippen molar-refractivity contribution in [1.82, 2.24) is 10.2 Å². The van der Waals surface area contributed by atoms with Crippen molar-refractivity contribution in [2.24, 2.45) is 0 Å². The van der Waals surface area contributed by atoms with E-state index in [9.17, 15) is 0 Å². The first-order valence-corrected chi connectivity index (χ1v) is 8.78. The van der Waals surface area contributed by atoms with E-state index in [0.717, 1.165) is 23.8 Å². The molecule has 2 rings (SSSR count). The van der Waals surface area contributed by atoms with E-state index < -0.39 is 0 Å². The maximum atomic E-state index is 5.46. The Morgan fingerprint density at radius 1 is 1.14 bits per heavy atom. The zero-order valence-corrected chi connectivity index (χ0v) is 14.9. The summed E-state index contributed by atoms with van der Waals surface area (Å²) >= 11 is 5.46. The average molecular weight is 320 g/mol. The number of nitrogens with zero attached hydrogens (tertiary/aromatic N) is 1. The van der Waals surface area contributed by atoms with Gasteiger partial charge < -0.3 is 15.5 Å². The molecule has 1 saturated carbocycles. The van der Waals surface area contributed by atoms with Crippen molar-refractivity contribution in [1.29, 1.82) is 0 Å². The minimum absolute atomic E-state index is 0.246. The Hall–Kier alpha value is -1.13. The number of likely N-dealkylation sites (N-methyl/N-ethyl adjacent to an activating group) is 1. The molecule has 0 amide bonds. The van der Waals surface area contributed by atoms with E-state index in [2.05, 4.69) is 60.8 Å². The molecule has 1 aromatic carbocycles. The van der Waals surface area contributed by atoms with Crippen LogP contribution in [-0.2, 0) is 6.42 Å². The van der Waals surface area contributed by atoms with Gasteiger partial charge in [-0.1, -0.05) is 38.3 Å². The van der Waals surface area contributed by atoms with Gasteiger partial charge in [-0.15, -0.1) is 0 Å². The molecule has 4 heteroatoms. The number of hydrogen-bond acceptors (Lipinski definition) is 2. The summed E-state index contributed by atoms with van der Waals surface area (Å²) in [5, 5.41) is 7.44. The van der Waals surface area contributed by atoms with E-state index in [1.54, 1.807) is 0 Å². The third-order valence-electron chi connectivity index (χ3n) is 4.93. The van der Waals surface area contributed by atoms with Gasteiger partial charge in [0.05, 0.1) is 0 Å². The Balaban J connectivity index is 1.87. The van der Waals surface area contributed by atoms with Crippen LogP contribution in [0.5, 0.6) is 0 Å². The largest absolute Gasteiger partial charge is 0.361 e. The molecule has 1 aliphatic carbocycles. The smallest absolute Gasteiger partial charge is 0.170 e. The second kappa shape index (κ2) is 7.93. The first-order valence-electron chi connectivity index (χ1n) is 8.37. The van der Waals surface area contributed by atoms with E-state index >= 15 is 0 Å². The van der Waals surface area contributed by atoms with Gasteiger partial charge in [0.1, 0.15) is 0 Å². The standard InChI is InChI=1S/C18H29N3S/c1-4-15-8-10-16(11-9-15)20-17(22)19-14-18(21(2)3)12-6-5-7-13-18/h8-11H,4-7,12-14H2,1-3H3,(H2,19,20,22). The Labute approximate surface area is 140 Å². The van der Waals surface area contributed by atoms with Crippen molar-refractivity contribution in [3.8, 4) is 0 Å². The van der Waals surface area contributed by atoms with Crippen molar-refractivity contribution >= 4 is 23.0 Å². The highest BCUT2D eigenvalue weighted by molar-refractivity contribution is 7.80. The predicted octanol–water partition coefficient (Wildman–Crippen LogP) is 3.80. The topological polar surface area (TPSA) is 27.3 Å². The Morgan fingerprint density at radius 3 is 2.32 bits per heavy atom. The first-order chi connectivity index (χ1) is 10.6. The molecule has 1 aliphatic rings. The van der Waals surface area contributed by atoms with Gasteiger partial charge in [-0.3, -0.25) is 0 Å². The average Bonchev–Trinajstić information content (AvgIpc) is 2.54. The lowest BCUT2D eigenvalue weighted by atomic mass is 9.80. The van der Waals surface area contributed by atoms with Crippen LogP contribution in [0.3, 0.4) is 0 Å². The van der Waals surface area contributed by atoms with Gasteiger partial charge in [-0.2, -0.15) is 0 Å². The summed E-state index contributed by atoms with van der Waals surface area (Å²) in [5.74, 6) is 0. The zero-order chi connectivity index (χ0) is 16.0. The van der Waals surface area contributed by atoms with E-state index in [-0.39, 0.29) is 5.54 Å². The Morgan fingerprint density at radius 2 is 1.77 bits per heavy atom. The molecule has 1 aromatic rings. The number of hydrogen-bond donors (Lipinski definition) is 2. The number of nitrogens with one attached hydrogen (secondary N) is 2. The quantitative estimate of drug-likeness (QED) is 0.807. The molecule has 0 unspecified atom stereocenters. The van der Waals surface area contributed by atoms with Crippen LogP contribution < -0.4 is 10.6 Å². The SMILES string of the molecule is CCc1ccc(NC(=S)NCC2(N(C)C)CCCCC2)cc1. The summed E-state index contributed by atoms with van der Waals surface area (Å²) in [6.45, 7) is 3.08. The number of aryl methyl sites for hydroxylation is 1. The number of thiocarbonyl (C=S) groups is 1. The first kappa shape index (κ1) is 17.2. The van der Waals surface area contributed by atoms with Crippen LogP contribution in [0.25, 0.3) is 0 Å². The third-order valence-corrected chi connectivity index (χ3v) is 5.18. The van der Waals surface area contributed by atoms with E-state index in [1.807, 2.05) is 0 Å². The van der Waals surface area contributed by atoms with Gasteiger partial charge in [0.15, 0.2) is 5.11 Å². The predicted molar refractivity (Wildman–Crippen MR) is 99.5 cm³/mol. The molecule has 0 saturated heterocycles. The van der Waals surface area contributed by atoms with Gasteiger partial charge in [-0.25, -0.2) is 0 Å². The lowest BCUT2D eigenvalue weighted by Gasteiger charge is -2.43. The fourth-order valence-electron chi connectivity index (χ4n) is 3.24. The molecule has 0 heterocycles. The van der Waals surface area contributed by atoms with E-state index in [4.69, 9.17) is 12.2 Å². The molecule has 2 N–H and O–H groups in total. The number of rotatable bonds is 5. The molecule has 122 valence electrons. The zero-order valence-electron chi connectivity index (χ0n) is 14.1. The summed E-state index contributed by atoms with van der Waals surface area (Å²) < 4.78 is 0. The van der Waals surface area contributed by atoms with Crippen molar-refractivity contribution in [2.45, 2.75) is 51.0 Å². The Kier molecular flexibility index (Phi) is 6.21. The van der Waals surface area contributed by atoms with Crippen LogP contribution in [0.15, 0.2) is 24.3 Å². The lowest BCUT2D eigenvalue weighted by Crippen LogP contribution is -2.54. The number of benzene rings is 1. The molecule has 0 bridgehead atoms. The second-order valence-electron chi connectivity index (χ2n) is 6.54. The van der Waals surface area contributed by atoms with Crippen molar-refractivity contribution in [2.75, 3.05) is 26.0 Å². The summed E-state index contributed by atoms with van der Waals surface area (Å²) in [4.78, 5) is 2.37. The van der Waals surface area contributed by atoms with Gasteiger partial charge in [0.2, 0.25) is 0 Å². The molecule has 22 heavy (non-hydrogen) atoms. The highest BCUT2D eigenvalue weighted by Gasteiger charge is 2.34. The molecule has 0 atom stereocenters.